The third-order valence-electron chi connectivity index (χ3n) is 3.32. The summed E-state index contributed by atoms with van der Waals surface area (Å²) in [4.78, 5) is 23.7. The highest BCUT2D eigenvalue weighted by molar-refractivity contribution is 5.92. The predicted molar refractivity (Wildman–Crippen MR) is 86.3 cm³/mol. The lowest BCUT2D eigenvalue weighted by molar-refractivity contribution is -0.124. The summed E-state index contributed by atoms with van der Waals surface area (Å²) in [5.41, 5.74) is 2.14. The van der Waals surface area contributed by atoms with Gasteiger partial charge in [-0.25, -0.2) is 4.79 Å². The fourth-order valence-electron chi connectivity index (χ4n) is 2.05. The molecule has 23 heavy (non-hydrogen) atoms. The van der Waals surface area contributed by atoms with Crippen LogP contribution in [0.3, 0.4) is 0 Å². The first-order chi connectivity index (χ1) is 11.1. The lowest BCUT2D eigenvalue weighted by Crippen LogP contribution is -2.28. The molecule has 0 aromatic heterocycles. The monoisotopic (exact) mass is 313 g/mol. The molecule has 5 heteroatoms. The van der Waals surface area contributed by atoms with Gasteiger partial charge in [0, 0.05) is 6.54 Å². The van der Waals surface area contributed by atoms with Crippen LogP contribution in [0.2, 0.25) is 0 Å². The molecule has 0 heterocycles. The van der Waals surface area contributed by atoms with Crippen molar-refractivity contribution in [2.75, 3.05) is 13.7 Å². The summed E-state index contributed by atoms with van der Waals surface area (Å²) < 4.78 is 10.1. The van der Waals surface area contributed by atoms with Crippen LogP contribution in [0.25, 0.3) is 0 Å². The third kappa shape index (κ3) is 4.85. The van der Waals surface area contributed by atoms with Gasteiger partial charge in [0.15, 0.2) is 6.61 Å². The average molecular weight is 313 g/mol. The first-order valence-corrected chi connectivity index (χ1v) is 7.22. The van der Waals surface area contributed by atoms with Crippen LogP contribution in [0.4, 0.5) is 0 Å². The Morgan fingerprint density at radius 3 is 2.48 bits per heavy atom. The van der Waals surface area contributed by atoms with E-state index in [1.807, 2.05) is 30.3 Å². The zero-order valence-electron chi connectivity index (χ0n) is 13.2. The minimum Gasteiger partial charge on any atom is -0.497 e. The molecule has 120 valence electrons. The Bertz CT molecular complexity index is 683. The van der Waals surface area contributed by atoms with Gasteiger partial charge in [-0.2, -0.15) is 0 Å². The number of methoxy groups -OCH3 is 1. The zero-order valence-corrected chi connectivity index (χ0v) is 13.2. The Hall–Kier alpha value is -2.82. The average Bonchev–Trinajstić information content (AvgIpc) is 2.58. The number of amides is 1. The van der Waals surface area contributed by atoms with Crippen molar-refractivity contribution < 1.29 is 19.1 Å². The van der Waals surface area contributed by atoms with Gasteiger partial charge in [0.1, 0.15) is 5.75 Å². The molecule has 2 aromatic rings. The maximum absolute atomic E-state index is 12.0. The first kappa shape index (κ1) is 16.5. The molecule has 0 unspecified atom stereocenters. The lowest BCUT2D eigenvalue weighted by atomic mass is 10.1. The molecule has 1 amide bonds. The summed E-state index contributed by atoms with van der Waals surface area (Å²) >= 11 is 0. The second-order valence-corrected chi connectivity index (χ2v) is 5.02. The van der Waals surface area contributed by atoms with E-state index in [-0.39, 0.29) is 12.5 Å². The van der Waals surface area contributed by atoms with Gasteiger partial charge in [-0.05, 0) is 36.2 Å². The predicted octanol–water partition coefficient (Wildman–Crippen LogP) is 2.48. The van der Waals surface area contributed by atoms with Crippen molar-refractivity contribution in [3.8, 4) is 5.75 Å². The van der Waals surface area contributed by atoms with Gasteiger partial charge in [0.25, 0.3) is 5.91 Å². The smallest absolute Gasteiger partial charge is 0.338 e. The van der Waals surface area contributed by atoms with Crippen LogP contribution in [-0.2, 0) is 16.1 Å². The molecule has 0 radical (unpaired) electrons. The normalized spacial score (nSPS) is 10.0. The molecule has 0 saturated carbocycles. The number of benzene rings is 2. The van der Waals surface area contributed by atoms with Crippen molar-refractivity contribution in [2.24, 2.45) is 0 Å². The van der Waals surface area contributed by atoms with Crippen molar-refractivity contribution in [2.45, 2.75) is 13.5 Å². The van der Waals surface area contributed by atoms with E-state index >= 15 is 0 Å². The largest absolute Gasteiger partial charge is 0.497 e. The quantitative estimate of drug-likeness (QED) is 0.832. The summed E-state index contributed by atoms with van der Waals surface area (Å²) in [6.07, 6.45) is 0. The molecule has 0 aliphatic heterocycles. The molecule has 5 nitrogen and oxygen atoms in total. The van der Waals surface area contributed by atoms with Gasteiger partial charge in [0.2, 0.25) is 0 Å². The number of carbonyl (C=O) groups is 2. The number of esters is 1. The Labute approximate surface area is 135 Å². The van der Waals surface area contributed by atoms with Gasteiger partial charge in [-0.1, -0.05) is 30.3 Å². The van der Waals surface area contributed by atoms with Crippen molar-refractivity contribution >= 4 is 11.9 Å². The van der Waals surface area contributed by atoms with Crippen LogP contribution < -0.4 is 10.1 Å². The Kier molecular flexibility index (Phi) is 5.74. The van der Waals surface area contributed by atoms with E-state index in [1.54, 1.807) is 32.2 Å². The molecule has 0 aliphatic carbocycles. The summed E-state index contributed by atoms with van der Waals surface area (Å²) in [5.74, 6) is -0.201. The van der Waals surface area contributed by atoms with E-state index in [9.17, 15) is 9.59 Å². The minimum atomic E-state index is -0.528. The summed E-state index contributed by atoms with van der Waals surface area (Å²) in [5, 5.41) is 2.70. The van der Waals surface area contributed by atoms with Crippen molar-refractivity contribution in [3.05, 3.63) is 65.2 Å². The number of hydrogen-bond donors (Lipinski definition) is 1. The van der Waals surface area contributed by atoms with Crippen molar-refractivity contribution in [3.63, 3.8) is 0 Å². The van der Waals surface area contributed by atoms with Crippen LogP contribution in [0, 0.1) is 6.92 Å². The molecule has 0 saturated heterocycles. The topological polar surface area (TPSA) is 64.6 Å². The van der Waals surface area contributed by atoms with E-state index in [0.29, 0.717) is 17.9 Å². The third-order valence-corrected chi connectivity index (χ3v) is 3.32. The van der Waals surface area contributed by atoms with Crippen LogP contribution in [0.1, 0.15) is 21.5 Å². The number of aryl methyl sites for hydroxylation is 1. The standard InChI is InChI=1S/C18H19NO4/c1-13-10-15(22-2)8-9-16(13)18(21)23-12-17(20)19-11-14-6-4-3-5-7-14/h3-10H,11-12H2,1-2H3,(H,19,20). The molecule has 0 spiro atoms. The lowest BCUT2D eigenvalue weighted by Gasteiger charge is -2.09. The maximum Gasteiger partial charge on any atom is 0.338 e. The van der Waals surface area contributed by atoms with Gasteiger partial charge in [-0.15, -0.1) is 0 Å². The summed E-state index contributed by atoms with van der Waals surface area (Å²) in [6.45, 7) is 1.88. The van der Waals surface area contributed by atoms with E-state index in [2.05, 4.69) is 5.32 Å². The number of carbonyl (C=O) groups excluding carboxylic acids is 2. The molecule has 2 aromatic carbocycles. The first-order valence-electron chi connectivity index (χ1n) is 7.22. The van der Waals surface area contributed by atoms with E-state index in [4.69, 9.17) is 9.47 Å². The molecule has 0 fully saturated rings. The molecule has 1 N–H and O–H groups in total. The second kappa shape index (κ2) is 7.98. The number of rotatable bonds is 6. The Morgan fingerprint density at radius 1 is 1.09 bits per heavy atom. The molecule has 0 bridgehead atoms. The molecule has 0 atom stereocenters. The fourth-order valence-corrected chi connectivity index (χ4v) is 2.05. The van der Waals surface area contributed by atoms with Crippen molar-refractivity contribution in [1.29, 1.82) is 0 Å². The van der Waals surface area contributed by atoms with Crippen LogP contribution >= 0.6 is 0 Å². The molecule has 0 aliphatic rings. The zero-order chi connectivity index (χ0) is 16.7. The van der Waals surface area contributed by atoms with Gasteiger partial charge < -0.3 is 14.8 Å². The highest BCUT2D eigenvalue weighted by Crippen LogP contribution is 2.17. The fraction of sp³-hybridized carbons (Fsp3) is 0.222. The second-order valence-electron chi connectivity index (χ2n) is 5.02. The van der Waals surface area contributed by atoms with Crippen LogP contribution in [-0.4, -0.2) is 25.6 Å². The van der Waals surface area contributed by atoms with E-state index < -0.39 is 5.97 Å². The van der Waals surface area contributed by atoms with Crippen molar-refractivity contribution in [1.82, 2.24) is 5.32 Å². The van der Waals surface area contributed by atoms with Crippen LogP contribution in [0.15, 0.2) is 48.5 Å². The van der Waals surface area contributed by atoms with E-state index in [0.717, 1.165) is 11.1 Å². The number of ether oxygens (including phenoxy) is 2. The molecular weight excluding hydrogens is 294 g/mol. The number of nitrogens with one attached hydrogen (secondary N) is 1. The van der Waals surface area contributed by atoms with Crippen LogP contribution in [0.5, 0.6) is 5.75 Å². The van der Waals surface area contributed by atoms with Gasteiger partial charge in [-0.3, -0.25) is 4.79 Å². The Morgan fingerprint density at radius 2 is 1.83 bits per heavy atom. The Balaban J connectivity index is 1.83. The van der Waals surface area contributed by atoms with E-state index in [1.165, 1.54) is 0 Å². The highest BCUT2D eigenvalue weighted by atomic mass is 16.5. The van der Waals surface area contributed by atoms with Gasteiger partial charge in [0.05, 0.1) is 12.7 Å². The maximum atomic E-state index is 12.0. The number of hydrogen-bond acceptors (Lipinski definition) is 4. The summed E-state index contributed by atoms with van der Waals surface area (Å²) in [6, 6.07) is 14.6. The van der Waals surface area contributed by atoms with Gasteiger partial charge >= 0.3 is 5.97 Å². The SMILES string of the molecule is COc1ccc(C(=O)OCC(=O)NCc2ccccc2)c(C)c1. The molecule has 2 rings (SSSR count). The minimum absolute atomic E-state index is 0.308. The highest BCUT2D eigenvalue weighted by Gasteiger charge is 2.13. The summed E-state index contributed by atoms with van der Waals surface area (Å²) in [7, 11) is 1.56. The molecular formula is C18H19NO4.